The number of nitrogens with zero attached hydrogens (tertiary/aromatic N) is 1. The zero-order chi connectivity index (χ0) is 16.8. The molecular weight excluding hydrogens is 339 g/mol. The second kappa shape index (κ2) is 8.04. The number of carbonyl (C=O) groups excluding carboxylic acids is 2. The van der Waals surface area contributed by atoms with Crippen molar-refractivity contribution in [3.8, 4) is 0 Å². The molecule has 7 heteroatoms. The van der Waals surface area contributed by atoms with Crippen molar-refractivity contribution in [3.05, 3.63) is 52.4 Å². The third-order valence-corrected chi connectivity index (χ3v) is 3.64. The van der Waals surface area contributed by atoms with Gasteiger partial charge >= 0.3 is 0 Å². The van der Waals surface area contributed by atoms with Gasteiger partial charge in [0.1, 0.15) is 12.8 Å². The maximum atomic E-state index is 12.3. The van der Waals surface area contributed by atoms with E-state index in [0.29, 0.717) is 27.8 Å². The molecule has 0 aliphatic heterocycles. The number of nitrogens with one attached hydrogen (secondary N) is 1. The number of hydrogen-bond acceptors (Lipinski definition) is 3. The minimum Gasteiger partial charge on any atom is -0.472 e. The maximum Gasteiger partial charge on any atom is 0.257 e. The van der Waals surface area contributed by atoms with E-state index in [0.717, 1.165) is 6.42 Å². The molecule has 122 valence electrons. The van der Waals surface area contributed by atoms with Crippen molar-refractivity contribution in [3.63, 3.8) is 0 Å². The lowest BCUT2D eigenvalue weighted by molar-refractivity contribution is -0.116. The molecule has 0 radical (unpaired) electrons. The first kappa shape index (κ1) is 17.4. The molecule has 0 bridgehead atoms. The van der Waals surface area contributed by atoms with E-state index in [1.54, 1.807) is 24.3 Å². The number of amides is 2. The zero-order valence-electron chi connectivity index (χ0n) is 12.5. The molecule has 1 N–H and O–H groups in total. The fourth-order valence-corrected chi connectivity index (χ4v) is 2.50. The lowest BCUT2D eigenvalue weighted by Gasteiger charge is -2.21. The molecule has 1 aromatic heterocycles. The average molecular weight is 355 g/mol. The number of anilines is 1. The highest BCUT2D eigenvalue weighted by Gasteiger charge is 2.19. The standard InChI is InChI=1S/C16H16Cl2N2O3/c1-2-6-20(16(22)11-5-7-23-10-11)9-15(21)19-14-4-3-12(17)8-13(14)18/h3-5,7-8,10H,2,6,9H2,1H3,(H,19,21). The van der Waals surface area contributed by atoms with E-state index in [2.05, 4.69) is 5.32 Å². The van der Waals surface area contributed by atoms with Crippen LogP contribution >= 0.6 is 23.2 Å². The Morgan fingerprint density at radius 1 is 1.26 bits per heavy atom. The quantitative estimate of drug-likeness (QED) is 0.849. The highest BCUT2D eigenvalue weighted by atomic mass is 35.5. The summed E-state index contributed by atoms with van der Waals surface area (Å²) in [6, 6.07) is 6.35. The van der Waals surface area contributed by atoms with E-state index in [-0.39, 0.29) is 18.4 Å². The van der Waals surface area contributed by atoms with Crippen LogP contribution in [0.25, 0.3) is 0 Å². The summed E-state index contributed by atoms with van der Waals surface area (Å²) in [5.74, 6) is -0.586. The third kappa shape index (κ3) is 4.74. The molecule has 2 rings (SSSR count). The van der Waals surface area contributed by atoms with Gasteiger partial charge in [0.15, 0.2) is 0 Å². The topological polar surface area (TPSA) is 62.6 Å². The van der Waals surface area contributed by atoms with Gasteiger partial charge in [-0.1, -0.05) is 30.1 Å². The van der Waals surface area contributed by atoms with Crippen LogP contribution in [0.2, 0.25) is 10.0 Å². The Bertz CT molecular complexity index is 687. The lowest BCUT2D eigenvalue weighted by atomic mass is 10.2. The monoisotopic (exact) mass is 354 g/mol. The van der Waals surface area contributed by atoms with Crippen LogP contribution in [0.1, 0.15) is 23.7 Å². The van der Waals surface area contributed by atoms with Crippen LogP contribution in [0.3, 0.4) is 0 Å². The fourth-order valence-electron chi connectivity index (χ4n) is 2.04. The molecule has 1 heterocycles. The number of halogens is 2. The first-order valence-electron chi connectivity index (χ1n) is 7.07. The zero-order valence-corrected chi connectivity index (χ0v) is 14.0. The van der Waals surface area contributed by atoms with Gasteiger partial charge in [-0.05, 0) is 30.7 Å². The van der Waals surface area contributed by atoms with Crippen molar-refractivity contribution in [1.82, 2.24) is 4.90 Å². The summed E-state index contributed by atoms with van der Waals surface area (Å²) in [4.78, 5) is 26.0. The maximum absolute atomic E-state index is 12.3. The molecule has 0 spiro atoms. The Morgan fingerprint density at radius 3 is 2.65 bits per heavy atom. The Morgan fingerprint density at radius 2 is 2.04 bits per heavy atom. The molecule has 0 aliphatic carbocycles. The van der Waals surface area contributed by atoms with Crippen LogP contribution in [0.4, 0.5) is 5.69 Å². The predicted molar refractivity (Wildman–Crippen MR) is 90.0 cm³/mol. The molecule has 0 aliphatic rings. The Labute approximate surface area is 144 Å². The summed E-state index contributed by atoms with van der Waals surface area (Å²) in [5.41, 5.74) is 0.865. The predicted octanol–water partition coefficient (Wildman–Crippen LogP) is 4.08. The van der Waals surface area contributed by atoms with Crippen LogP contribution in [0.15, 0.2) is 41.2 Å². The van der Waals surface area contributed by atoms with Gasteiger partial charge in [-0.3, -0.25) is 9.59 Å². The number of benzene rings is 1. The molecule has 0 unspecified atom stereocenters. The average Bonchev–Trinajstić information content (AvgIpc) is 3.03. The number of rotatable bonds is 6. The highest BCUT2D eigenvalue weighted by Crippen LogP contribution is 2.25. The minimum atomic E-state index is -0.334. The Kier molecular flexibility index (Phi) is 6.07. The molecule has 2 aromatic rings. The van der Waals surface area contributed by atoms with Gasteiger partial charge in [-0.15, -0.1) is 0 Å². The molecule has 23 heavy (non-hydrogen) atoms. The second-order valence-corrected chi connectivity index (χ2v) is 5.75. The van der Waals surface area contributed by atoms with E-state index in [9.17, 15) is 9.59 Å². The molecule has 5 nitrogen and oxygen atoms in total. The normalized spacial score (nSPS) is 10.4. The van der Waals surface area contributed by atoms with Gasteiger partial charge in [0, 0.05) is 11.6 Å². The molecular formula is C16H16Cl2N2O3. The van der Waals surface area contributed by atoms with Crippen LogP contribution in [-0.2, 0) is 4.79 Å². The van der Waals surface area contributed by atoms with Crippen LogP contribution in [0, 0.1) is 0 Å². The molecule has 0 saturated heterocycles. The van der Waals surface area contributed by atoms with Crippen LogP contribution in [-0.4, -0.2) is 29.8 Å². The Hall–Kier alpha value is -1.98. The molecule has 2 amide bonds. The first-order chi connectivity index (χ1) is 11.0. The fraction of sp³-hybridized carbons (Fsp3) is 0.250. The summed E-state index contributed by atoms with van der Waals surface area (Å²) in [6.07, 6.45) is 3.52. The van der Waals surface area contributed by atoms with Gasteiger partial charge in [0.25, 0.3) is 5.91 Å². The van der Waals surface area contributed by atoms with E-state index >= 15 is 0 Å². The van der Waals surface area contributed by atoms with E-state index < -0.39 is 0 Å². The van der Waals surface area contributed by atoms with Crippen molar-refractivity contribution in [2.75, 3.05) is 18.4 Å². The lowest BCUT2D eigenvalue weighted by Crippen LogP contribution is -2.38. The number of carbonyl (C=O) groups is 2. The van der Waals surface area contributed by atoms with Crippen LogP contribution < -0.4 is 5.32 Å². The summed E-state index contributed by atoms with van der Waals surface area (Å²) in [6.45, 7) is 2.33. The third-order valence-electron chi connectivity index (χ3n) is 3.09. The number of hydrogen-bond donors (Lipinski definition) is 1. The van der Waals surface area contributed by atoms with Crippen molar-refractivity contribution < 1.29 is 14.0 Å². The number of furan rings is 1. The van der Waals surface area contributed by atoms with E-state index in [1.807, 2.05) is 6.92 Å². The van der Waals surface area contributed by atoms with Crippen molar-refractivity contribution >= 4 is 40.7 Å². The highest BCUT2D eigenvalue weighted by molar-refractivity contribution is 6.36. The van der Waals surface area contributed by atoms with Crippen molar-refractivity contribution in [2.24, 2.45) is 0 Å². The smallest absolute Gasteiger partial charge is 0.257 e. The van der Waals surface area contributed by atoms with Gasteiger partial charge in [0.05, 0.1) is 22.5 Å². The van der Waals surface area contributed by atoms with Crippen LogP contribution in [0.5, 0.6) is 0 Å². The van der Waals surface area contributed by atoms with Gasteiger partial charge in [-0.25, -0.2) is 0 Å². The van der Waals surface area contributed by atoms with Gasteiger partial charge in [0.2, 0.25) is 5.91 Å². The van der Waals surface area contributed by atoms with Gasteiger partial charge in [-0.2, -0.15) is 0 Å². The van der Waals surface area contributed by atoms with E-state index in [1.165, 1.54) is 17.4 Å². The summed E-state index contributed by atoms with van der Waals surface area (Å²) in [7, 11) is 0. The molecule has 1 aromatic carbocycles. The largest absolute Gasteiger partial charge is 0.472 e. The molecule has 0 atom stereocenters. The first-order valence-corrected chi connectivity index (χ1v) is 7.83. The molecule has 0 saturated carbocycles. The van der Waals surface area contributed by atoms with Crippen molar-refractivity contribution in [2.45, 2.75) is 13.3 Å². The summed E-state index contributed by atoms with van der Waals surface area (Å²) in [5, 5.41) is 3.50. The summed E-state index contributed by atoms with van der Waals surface area (Å²) < 4.78 is 4.91. The SMILES string of the molecule is CCCN(CC(=O)Nc1ccc(Cl)cc1Cl)C(=O)c1ccoc1. The minimum absolute atomic E-state index is 0.0726. The second-order valence-electron chi connectivity index (χ2n) is 4.91. The Balaban J connectivity index is 2.04. The summed E-state index contributed by atoms with van der Waals surface area (Å²) >= 11 is 11.8. The van der Waals surface area contributed by atoms with Crippen molar-refractivity contribution in [1.29, 1.82) is 0 Å². The van der Waals surface area contributed by atoms with E-state index in [4.69, 9.17) is 27.6 Å². The van der Waals surface area contributed by atoms with Gasteiger partial charge < -0.3 is 14.6 Å². The molecule has 0 fully saturated rings.